The van der Waals surface area contributed by atoms with Gasteiger partial charge in [0.25, 0.3) is 5.91 Å². The molecule has 6 nitrogen and oxygen atoms in total. The highest BCUT2D eigenvalue weighted by Crippen LogP contribution is 2.17. The van der Waals surface area contributed by atoms with Gasteiger partial charge in [-0.3, -0.25) is 9.59 Å². The van der Waals surface area contributed by atoms with Gasteiger partial charge >= 0.3 is 0 Å². The van der Waals surface area contributed by atoms with Crippen LogP contribution in [-0.4, -0.2) is 53.5 Å². The predicted octanol–water partition coefficient (Wildman–Crippen LogP) is 3.48. The summed E-state index contributed by atoms with van der Waals surface area (Å²) in [4.78, 5) is 29.1. The second-order valence-corrected chi connectivity index (χ2v) is 7.50. The van der Waals surface area contributed by atoms with Gasteiger partial charge in [0.05, 0.1) is 24.5 Å². The SMILES string of the molecule is CC(C)N(CC(=O)N(Cc1ccco1)C[C@@H]1CCCO1)C(=O)c1ccccc1F. The van der Waals surface area contributed by atoms with E-state index in [-0.39, 0.29) is 30.2 Å². The fourth-order valence-corrected chi connectivity index (χ4v) is 3.40. The molecule has 0 aliphatic carbocycles. The Hall–Kier alpha value is -2.67. The molecular formula is C22H27FN2O4. The Morgan fingerprint density at radius 2 is 2.00 bits per heavy atom. The van der Waals surface area contributed by atoms with Crippen LogP contribution < -0.4 is 0 Å². The maximum absolute atomic E-state index is 14.1. The van der Waals surface area contributed by atoms with Crippen molar-refractivity contribution in [1.82, 2.24) is 9.80 Å². The molecule has 0 radical (unpaired) electrons. The van der Waals surface area contributed by atoms with Crippen LogP contribution >= 0.6 is 0 Å². The summed E-state index contributed by atoms with van der Waals surface area (Å²) in [5.41, 5.74) is -0.0364. The van der Waals surface area contributed by atoms with E-state index in [1.54, 1.807) is 29.4 Å². The number of carbonyl (C=O) groups is 2. The second kappa shape index (κ2) is 9.69. The zero-order valence-electron chi connectivity index (χ0n) is 16.8. The number of ether oxygens (including phenoxy) is 1. The minimum atomic E-state index is -0.595. The summed E-state index contributed by atoms with van der Waals surface area (Å²) in [6, 6.07) is 9.13. The molecule has 29 heavy (non-hydrogen) atoms. The van der Waals surface area contributed by atoms with Crippen LogP contribution in [0.4, 0.5) is 4.39 Å². The number of furan rings is 1. The van der Waals surface area contributed by atoms with E-state index in [0.717, 1.165) is 12.8 Å². The van der Waals surface area contributed by atoms with E-state index in [1.165, 1.54) is 23.1 Å². The van der Waals surface area contributed by atoms with Crippen molar-refractivity contribution in [2.75, 3.05) is 19.7 Å². The van der Waals surface area contributed by atoms with Gasteiger partial charge in [0.15, 0.2) is 0 Å². The molecule has 0 saturated carbocycles. The average molecular weight is 402 g/mol. The van der Waals surface area contributed by atoms with Crippen LogP contribution in [0.2, 0.25) is 0 Å². The third-order valence-corrected chi connectivity index (χ3v) is 5.02. The first-order chi connectivity index (χ1) is 14.0. The van der Waals surface area contributed by atoms with Gasteiger partial charge in [0.2, 0.25) is 5.91 Å². The Morgan fingerprint density at radius 3 is 2.62 bits per heavy atom. The molecule has 1 aromatic carbocycles. The summed E-state index contributed by atoms with van der Waals surface area (Å²) in [5.74, 6) is -0.660. The van der Waals surface area contributed by atoms with Crippen molar-refractivity contribution >= 4 is 11.8 Å². The quantitative estimate of drug-likeness (QED) is 0.678. The summed E-state index contributed by atoms with van der Waals surface area (Å²) in [6.45, 7) is 4.90. The molecule has 0 spiro atoms. The number of hydrogen-bond acceptors (Lipinski definition) is 4. The van der Waals surface area contributed by atoms with Crippen LogP contribution in [0.5, 0.6) is 0 Å². The van der Waals surface area contributed by atoms with Gasteiger partial charge in [-0.1, -0.05) is 12.1 Å². The van der Waals surface area contributed by atoms with Gasteiger partial charge in [-0.15, -0.1) is 0 Å². The van der Waals surface area contributed by atoms with Crippen molar-refractivity contribution in [2.45, 2.75) is 45.4 Å². The van der Waals surface area contributed by atoms with Crippen LogP contribution in [-0.2, 0) is 16.1 Å². The Kier molecular flexibility index (Phi) is 7.04. The third kappa shape index (κ3) is 5.44. The van der Waals surface area contributed by atoms with Crippen LogP contribution in [0.15, 0.2) is 47.1 Å². The zero-order chi connectivity index (χ0) is 20.8. The molecule has 0 bridgehead atoms. The highest BCUT2D eigenvalue weighted by Gasteiger charge is 2.28. The number of carbonyl (C=O) groups excluding carboxylic acids is 2. The first kappa shape index (κ1) is 21.0. The molecule has 1 fully saturated rings. The average Bonchev–Trinajstić information content (AvgIpc) is 3.39. The predicted molar refractivity (Wildman–Crippen MR) is 106 cm³/mol. The molecule has 1 saturated heterocycles. The van der Waals surface area contributed by atoms with Crippen LogP contribution in [0.1, 0.15) is 42.8 Å². The first-order valence-corrected chi connectivity index (χ1v) is 9.93. The highest BCUT2D eigenvalue weighted by molar-refractivity contribution is 5.97. The van der Waals surface area contributed by atoms with Gasteiger partial charge in [-0.25, -0.2) is 4.39 Å². The molecule has 1 aromatic heterocycles. The van der Waals surface area contributed by atoms with E-state index in [4.69, 9.17) is 9.15 Å². The standard InChI is InChI=1S/C22H27FN2O4/c1-16(2)25(22(27)19-9-3-4-10-20(19)23)15-21(26)24(13-17-7-5-11-28-17)14-18-8-6-12-29-18/h3-5,7,9-11,16,18H,6,8,12-15H2,1-2H3/t18-/m0/s1. The van der Waals surface area contributed by atoms with Crippen molar-refractivity contribution in [3.63, 3.8) is 0 Å². The van der Waals surface area contributed by atoms with E-state index >= 15 is 0 Å². The van der Waals surface area contributed by atoms with E-state index < -0.39 is 11.7 Å². The molecule has 0 unspecified atom stereocenters. The molecular weight excluding hydrogens is 375 g/mol. The molecule has 2 heterocycles. The minimum absolute atomic E-state index is 0.0244. The lowest BCUT2D eigenvalue weighted by molar-refractivity contribution is -0.134. The van der Waals surface area contributed by atoms with Gasteiger partial charge < -0.3 is 19.0 Å². The number of halogens is 1. The zero-order valence-corrected chi connectivity index (χ0v) is 16.8. The minimum Gasteiger partial charge on any atom is -0.467 e. The molecule has 1 aliphatic heterocycles. The highest BCUT2D eigenvalue weighted by atomic mass is 19.1. The lowest BCUT2D eigenvalue weighted by Gasteiger charge is -2.31. The molecule has 7 heteroatoms. The largest absolute Gasteiger partial charge is 0.467 e. The Balaban J connectivity index is 1.75. The molecule has 2 aromatic rings. The van der Waals surface area contributed by atoms with Gasteiger partial charge in [0, 0.05) is 19.2 Å². The monoisotopic (exact) mass is 402 g/mol. The van der Waals surface area contributed by atoms with Gasteiger partial charge in [-0.2, -0.15) is 0 Å². The molecule has 1 atom stereocenters. The summed E-state index contributed by atoms with van der Waals surface area (Å²) >= 11 is 0. The lowest BCUT2D eigenvalue weighted by Crippen LogP contribution is -2.47. The molecule has 1 aliphatic rings. The van der Waals surface area contributed by atoms with Crippen LogP contribution in [0.3, 0.4) is 0 Å². The van der Waals surface area contributed by atoms with E-state index in [2.05, 4.69) is 0 Å². The molecule has 0 N–H and O–H groups in total. The molecule has 156 valence electrons. The summed E-state index contributed by atoms with van der Waals surface area (Å²) in [6.07, 6.45) is 3.40. The number of benzene rings is 1. The summed E-state index contributed by atoms with van der Waals surface area (Å²) < 4.78 is 25.2. The van der Waals surface area contributed by atoms with Crippen molar-refractivity contribution in [2.24, 2.45) is 0 Å². The third-order valence-electron chi connectivity index (χ3n) is 5.02. The number of rotatable bonds is 8. The van der Waals surface area contributed by atoms with Crippen molar-refractivity contribution < 1.29 is 23.1 Å². The fourth-order valence-electron chi connectivity index (χ4n) is 3.40. The normalized spacial score (nSPS) is 16.2. The lowest BCUT2D eigenvalue weighted by atomic mass is 10.1. The Labute approximate surface area is 170 Å². The fraction of sp³-hybridized carbons (Fsp3) is 0.455. The Bertz CT molecular complexity index is 816. The second-order valence-electron chi connectivity index (χ2n) is 7.50. The molecule has 3 rings (SSSR count). The van der Waals surface area contributed by atoms with Crippen molar-refractivity contribution in [3.8, 4) is 0 Å². The van der Waals surface area contributed by atoms with Crippen LogP contribution in [0, 0.1) is 5.82 Å². The van der Waals surface area contributed by atoms with Crippen molar-refractivity contribution in [1.29, 1.82) is 0 Å². The maximum Gasteiger partial charge on any atom is 0.257 e. The number of nitrogens with zero attached hydrogens (tertiary/aromatic N) is 2. The molecule has 2 amide bonds. The van der Waals surface area contributed by atoms with Crippen LogP contribution in [0.25, 0.3) is 0 Å². The van der Waals surface area contributed by atoms with Gasteiger partial charge in [0.1, 0.15) is 18.1 Å². The topological polar surface area (TPSA) is 63.0 Å². The van der Waals surface area contributed by atoms with E-state index in [9.17, 15) is 14.0 Å². The maximum atomic E-state index is 14.1. The van der Waals surface area contributed by atoms with Gasteiger partial charge in [-0.05, 0) is 51.0 Å². The number of hydrogen-bond donors (Lipinski definition) is 0. The van der Waals surface area contributed by atoms with E-state index in [1.807, 2.05) is 13.8 Å². The smallest absolute Gasteiger partial charge is 0.257 e. The van der Waals surface area contributed by atoms with E-state index in [0.29, 0.717) is 25.5 Å². The Morgan fingerprint density at radius 1 is 1.21 bits per heavy atom. The van der Waals surface area contributed by atoms with Crippen molar-refractivity contribution in [3.05, 3.63) is 59.8 Å². The summed E-state index contributed by atoms with van der Waals surface area (Å²) in [5, 5.41) is 0. The number of amides is 2. The first-order valence-electron chi connectivity index (χ1n) is 9.93. The summed E-state index contributed by atoms with van der Waals surface area (Å²) in [7, 11) is 0.